The zero-order valence-electron chi connectivity index (χ0n) is 15.2. The molecule has 1 fully saturated rings. The van der Waals surface area contributed by atoms with Crippen molar-refractivity contribution in [3.8, 4) is 0 Å². The van der Waals surface area contributed by atoms with E-state index in [4.69, 9.17) is 0 Å². The van der Waals surface area contributed by atoms with Crippen molar-refractivity contribution in [2.24, 2.45) is 11.8 Å². The molecule has 1 heterocycles. The van der Waals surface area contributed by atoms with Crippen LogP contribution in [0.25, 0.3) is 0 Å². The van der Waals surface area contributed by atoms with E-state index in [1.54, 1.807) is 11.1 Å². The Morgan fingerprint density at radius 1 is 1.09 bits per heavy atom. The Morgan fingerprint density at radius 3 is 2.61 bits per heavy atom. The van der Waals surface area contributed by atoms with Crippen LogP contribution in [0.3, 0.4) is 0 Å². The van der Waals surface area contributed by atoms with E-state index in [1.807, 2.05) is 0 Å². The highest BCUT2D eigenvalue weighted by Crippen LogP contribution is 2.51. The van der Waals surface area contributed by atoms with Crippen molar-refractivity contribution in [1.29, 1.82) is 0 Å². The molecule has 3 rings (SSSR count). The Hall–Kier alpha value is -0.820. The highest BCUT2D eigenvalue weighted by Gasteiger charge is 2.48. The second-order valence-corrected chi connectivity index (χ2v) is 7.91. The van der Waals surface area contributed by atoms with Crippen LogP contribution in [0, 0.1) is 11.8 Å². The molecule has 0 spiro atoms. The van der Waals surface area contributed by atoms with E-state index < -0.39 is 0 Å². The van der Waals surface area contributed by atoms with Crippen LogP contribution in [0.4, 0.5) is 0 Å². The molecule has 1 nitrogen and oxygen atoms in total. The van der Waals surface area contributed by atoms with Crippen molar-refractivity contribution >= 4 is 0 Å². The van der Waals surface area contributed by atoms with Gasteiger partial charge in [-0.1, -0.05) is 70.2 Å². The normalized spacial score (nSPS) is 26.2. The van der Waals surface area contributed by atoms with E-state index in [9.17, 15) is 0 Å². The van der Waals surface area contributed by atoms with Gasteiger partial charge in [-0.05, 0) is 48.6 Å². The number of hydrogen-bond acceptors (Lipinski definition) is 1. The zero-order valence-corrected chi connectivity index (χ0v) is 15.2. The lowest BCUT2D eigenvalue weighted by molar-refractivity contribution is 0.132. The summed E-state index contributed by atoms with van der Waals surface area (Å²) in [6.07, 6.45) is 12.6. The molecular formula is C22H35N. The molecule has 1 N–H and O–H groups in total. The maximum atomic E-state index is 3.82. The van der Waals surface area contributed by atoms with Crippen LogP contribution in [0.1, 0.15) is 82.8 Å². The van der Waals surface area contributed by atoms with Crippen LogP contribution in [0.5, 0.6) is 0 Å². The Morgan fingerprint density at radius 2 is 1.87 bits per heavy atom. The van der Waals surface area contributed by atoms with Gasteiger partial charge in [0.1, 0.15) is 0 Å². The molecule has 1 aromatic rings. The minimum Gasteiger partial charge on any atom is -0.312 e. The smallest absolute Gasteiger partial charge is 0.0208 e. The minimum atomic E-state index is 0.399. The average Bonchev–Trinajstić information content (AvgIpc) is 3.13. The Bertz CT molecular complexity index is 489. The molecule has 1 heteroatoms. The summed E-state index contributed by atoms with van der Waals surface area (Å²) in [4.78, 5) is 0. The van der Waals surface area contributed by atoms with Gasteiger partial charge in [0.05, 0.1) is 0 Å². The largest absolute Gasteiger partial charge is 0.312 e. The van der Waals surface area contributed by atoms with Crippen molar-refractivity contribution in [2.75, 3.05) is 6.54 Å². The van der Waals surface area contributed by atoms with Crippen molar-refractivity contribution < 1.29 is 0 Å². The summed E-state index contributed by atoms with van der Waals surface area (Å²) in [5.74, 6) is 1.74. The number of fused-ring (bicyclic) bond motifs is 1. The third-order valence-electron chi connectivity index (χ3n) is 6.61. The minimum absolute atomic E-state index is 0.399. The highest BCUT2D eigenvalue weighted by atomic mass is 14.9. The van der Waals surface area contributed by atoms with Gasteiger partial charge < -0.3 is 5.32 Å². The third kappa shape index (κ3) is 3.22. The summed E-state index contributed by atoms with van der Waals surface area (Å²) in [6, 6.07) is 9.36. The van der Waals surface area contributed by atoms with Gasteiger partial charge in [0.2, 0.25) is 0 Å². The number of nitrogens with one attached hydrogen (secondary N) is 1. The Kier molecular flexibility index (Phi) is 5.80. The van der Waals surface area contributed by atoms with Crippen LogP contribution >= 0.6 is 0 Å². The Labute approximate surface area is 143 Å². The van der Waals surface area contributed by atoms with Crippen LogP contribution in [0.2, 0.25) is 0 Å². The SMILES string of the molecule is CCCCC(CCC)C1(C2CCCC2)CNCc2ccccc21. The first-order valence-corrected chi connectivity index (χ1v) is 10.1. The van der Waals surface area contributed by atoms with Gasteiger partial charge in [-0.3, -0.25) is 0 Å². The van der Waals surface area contributed by atoms with Crippen LogP contribution in [-0.2, 0) is 12.0 Å². The first-order chi connectivity index (χ1) is 11.3. The summed E-state index contributed by atoms with van der Waals surface area (Å²) < 4.78 is 0. The molecule has 0 amide bonds. The predicted octanol–water partition coefficient (Wildman–Crippen LogP) is 5.82. The molecule has 0 bridgehead atoms. The maximum Gasteiger partial charge on any atom is 0.0208 e. The molecule has 0 radical (unpaired) electrons. The van der Waals surface area contributed by atoms with Gasteiger partial charge in [-0.25, -0.2) is 0 Å². The highest BCUT2D eigenvalue weighted by molar-refractivity contribution is 5.39. The fourth-order valence-electron chi connectivity index (χ4n) is 5.59. The summed E-state index contributed by atoms with van der Waals surface area (Å²) in [7, 11) is 0. The van der Waals surface area contributed by atoms with Crippen molar-refractivity contribution in [1.82, 2.24) is 5.32 Å². The Balaban J connectivity index is 2.03. The van der Waals surface area contributed by atoms with Gasteiger partial charge in [0.15, 0.2) is 0 Å². The van der Waals surface area contributed by atoms with Gasteiger partial charge >= 0.3 is 0 Å². The first-order valence-electron chi connectivity index (χ1n) is 10.1. The van der Waals surface area contributed by atoms with Gasteiger partial charge in [0.25, 0.3) is 0 Å². The molecule has 128 valence electrons. The summed E-state index contributed by atoms with van der Waals surface area (Å²) in [5, 5.41) is 3.82. The number of benzene rings is 1. The van der Waals surface area contributed by atoms with Crippen LogP contribution < -0.4 is 5.32 Å². The topological polar surface area (TPSA) is 12.0 Å². The molecule has 0 saturated heterocycles. The van der Waals surface area contributed by atoms with Crippen molar-refractivity contribution in [3.63, 3.8) is 0 Å². The molecule has 1 aromatic carbocycles. The van der Waals surface area contributed by atoms with Gasteiger partial charge in [-0.2, -0.15) is 0 Å². The molecule has 23 heavy (non-hydrogen) atoms. The van der Waals surface area contributed by atoms with E-state index >= 15 is 0 Å². The second-order valence-electron chi connectivity index (χ2n) is 7.91. The second kappa shape index (κ2) is 7.83. The molecule has 2 atom stereocenters. The van der Waals surface area contributed by atoms with Gasteiger partial charge in [-0.15, -0.1) is 0 Å². The molecular weight excluding hydrogens is 278 g/mol. The molecule has 2 unspecified atom stereocenters. The van der Waals surface area contributed by atoms with E-state index in [2.05, 4.69) is 43.4 Å². The number of hydrogen-bond donors (Lipinski definition) is 1. The first kappa shape index (κ1) is 17.0. The lowest BCUT2D eigenvalue weighted by atomic mass is 9.57. The van der Waals surface area contributed by atoms with E-state index in [0.717, 1.165) is 18.4 Å². The summed E-state index contributed by atoms with van der Waals surface area (Å²) in [5.41, 5.74) is 3.68. The van der Waals surface area contributed by atoms with Crippen molar-refractivity contribution in [3.05, 3.63) is 35.4 Å². The number of rotatable bonds is 7. The predicted molar refractivity (Wildman–Crippen MR) is 99.7 cm³/mol. The van der Waals surface area contributed by atoms with Crippen molar-refractivity contribution in [2.45, 2.75) is 83.6 Å². The molecule has 1 saturated carbocycles. The van der Waals surface area contributed by atoms with E-state index in [-0.39, 0.29) is 0 Å². The third-order valence-corrected chi connectivity index (χ3v) is 6.61. The van der Waals surface area contributed by atoms with E-state index in [0.29, 0.717) is 5.41 Å². The summed E-state index contributed by atoms with van der Waals surface area (Å²) in [6.45, 7) is 7.00. The lowest BCUT2D eigenvalue weighted by Gasteiger charge is -2.50. The molecule has 1 aliphatic carbocycles. The lowest BCUT2D eigenvalue weighted by Crippen LogP contribution is -2.52. The zero-order chi connectivity index (χ0) is 16.1. The molecule has 0 aromatic heterocycles. The molecule has 1 aliphatic heterocycles. The van der Waals surface area contributed by atoms with Gasteiger partial charge in [0, 0.05) is 18.5 Å². The average molecular weight is 314 g/mol. The van der Waals surface area contributed by atoms with Crippen LogP contribution in [0.15, 0.2) is 24.3 Å². The van der Waals surface area contributed by atoms with Crippen LogP contribution in [-0.4, -0.2) is 6.54 Å². The fraction of sp³-hybridized carbons (Fsp3) is 0.727. The monoisotopic (exact) mass is 313 g/mol. The fourth-order valence-corrected chi connectivity index (χ4v) is 5.59. The van der Waals surface area contributed by atoms with E-state index in [1.165, 1.54) is 64.3 Å². The number of unbranched alkanes of at least 4 members (excludes halogenated alkanes) is 1. The summed E-state index contributed by atoms with van der Waals surface area (Å²) >= 11 is 0. The standard InChI is InChI=1S/C22H35N/c1-3-5-12-19(10-4-2)22(20-13-7-8-14-20)17-23-16-18-11-6-9-15-21(18)22/h6,9,11,15,19-20,23H,3-5,7-8,10,12-14,16-17H2,1-2H3. The maximum absolute atomic E-state index is 3.82. The quantitative estimate of drug-likeness (QED) is 0.668. The molecule has 2 aliphatic rings.